The van der Waals surface area contributed by atoms with Crippen LogP contribution in [0.3, 0.4) is 0 Å². The number of furan rings is 2. The summed E-state index contributed by atoms with van der Waals surface area (Å²) in [5.74, 6) is -2.83. The number of carboxylic acid groups (broad SMARTS) is 2. The molecule has 0 amide bonds. The molecule has 0 fully saturated rings. The smallest absolute Gasteiger partial charge is 0.542 e. The van der Waals surface area contributed by atoms with Crippen molar-refractivity contribution in [2.75, 3.05) is 0 Å². The van der Waals surface area contributed by atoms with E-state index in [9.17, 15) is 19.8 Å². The predicted molar refractivity (Wildman–Crippen MR) is 51.8 cm³/mol. The van der Waals surface area contributed by atoms with E-state index in [0.717, 1.165) is 0 Å². The van der Waals surface area contributed by atoms with E-state index in [1.165, 1.54) is 36.8 Å². The molecule has 0 aliphatic carbocycles. The van der Waals surface area contributed by atoms with Crippen LogP contribution in [0.25, 0.3) is 0 Å². The molecule has 0 bridgehead atoms. The Labute approximate surface area is 113 Å². The third-order valence-electron chi connectivity index (χ3n) is 1.44. The molecule has 2 aromatic heterocycles. The predicted octanol–water partition coefficient (Wildman–Crippen LogP) is -1.09. The Hall–Kier alpha value is -1.70. The Morgan fingerprint density at radius 2 is 1.24 bits per heavy atom. The van der Waals surface area contributed by atoms with Gasteiger partial charge < -0.3 is 28.6 Å². The summed E-state index contributed by atoms with van der Waals surface area (Å²) in [5.41, 5.74) is 0. The number of carboxylic acids is 2. The van der Waals surface area contributed by atoms with Crippen molar-refractivity contribution in [3.05, 3.63) is 48.3 Å². The van der Waals surface area contributed by atoms with Gasteiger partial charge in [0.25, 0.3) is 0 Å². The maximum Gasteiger partial charge on any atom is 2.00 e. The summed E-state index contributed by atoms with van der Waals surface area (Å²) in [4.78, 5) is 19.7. The van der Waals surface area contributed by atoms with Gasteiger partial charge >= 0.3 is 23.9 Å². The quantitative estimate of drug-likeness (QED) is 0.643. The van der Waals surface area contributed by atoms with Crippen molar-refractivity contribution >= 4 is 35.8 Å². The zero-order chi connectivity index (χ0) is 12.0. The second-order valence-corrected chi connectivity index (χ2v) is 2.53. The number of carbonyl (C=O) groups is 2. The fourth-order valence-electron chi connectivity index (χ4n) is 0.789. The molecular weight excluding hydrogens is 335 g/mol. The zero-order valence-electron chi connectivity index (χ0n) is 8.41. The van der Waals surface area contributed by atoms with Gasteiger partial charge in [-0.2, -0.15) is 0 Å². The summed E-state index contributed by atoms with van der Waals surface area (Å²) in [5, 5.41) is 19.7. The van der Waals surface area contributed by atoms with Gasteiger partial charge in [0.2, 0.25) is 0 Å². The number of hydrogen-bond donors (Lipinski definition) is 0. The molecule has 0 unspecified atom stereocenters. The van der Waals surface area contributed by atoms with Crippen LogP contribution in [-0.2, 0) is 0 Å². The minimum Gasteiger partial charge on any atom is -0.542 e. The van der Waals surface area contributed by atoms with Gasteiger partial charge in [-0.25, -0.2) is 0 Å². The second kappa shape index (κ2) is 7.55. The summed E-state index contributed by atoms with van der Waals surface area (Å²) in [6.45, 7) is 0. The molecule has 0 N–H and O–H groups in total. The Morgan fingerprint density at radius 1 is 0.882 bits per heavy atom. The fraction of sp³-hybridized carbons (Fsp3) is 0. The van der Waals surface area contributed by atoms with Crippen molar-refractivity contribution in [1.29, 1.82) is 0 Å². The van der Waals surface area contributed by atoms with Gasteiger partial charge in [0, 0.05) is 0 Å². The van der Waals surface area contributed by atoms with Crippen LogP contribution in [0.1, 0.15) is 21.1 Å². The molecule has 0 atom stereocenters. The van der Waals surface area contributed by atoms with Gasteiger partial charge in [0.1, 0.15) is 23.5 Å². The van der Waals surface area contributed by atoms with Gasteiger partial charge in [0.05, 0.1) is 12.5 Å². The van der Waals surface area contributed by atoms with Crippen LogP contribution >= 0.6 is 0 Å². The summed E-state index contributed by atoms with van der Waals surface area (Å²) in [7, 11) is 0. The molecule has 17 heavy (non-hydrogen) atoms. The molecule has 0 saturated heterocycles. The summed E-state index contributed by atoms with van der Waals surface area (Å²) < 4.78 is 8.87. The molecule has 7 heteroatoms. The van der Waals surface area contributed by atoms with Crippen LogP contribution in [0.2, 0.25) is 0 Å². The first-order valence-corrected chi connectivity index (χ1v) is 4.11. The summed E-state index contributed by atoms with van der Waals surface area (Å²) in [6.07, 6.45) is 2.57. The Morgan fingerprint density at radius 3 is 1.35 bits per heavy atom. The number of carbonyl (C=O) groups excluding carboxylic acids is 2. The summed E-state index contributed by atoms with van der Waals surface area (Å²) >= 11 is 0. The van der Waals surface area contributed by atoms with E-state index >= 15 is 0 Å². The fourth-order valence-corrected chi connectivity index (χ4v) is 0.789. The van der Waals surface area contributed by atoms with Gasteiger partial charge in [-0.3, -0.25) is 0 Å². The van der Waals surface area contributed by atoms with Gasteiger partial charge in [-0.05, 0) is 24.3 Å². The van der Waals surface area contributed by atoms with Crippen LogP contribution in [-0.4, -0.2) is 35.8 Å². The standard InChI is InChI=1S/2C5H4O3.Sn/c2*6-5(7)4-2-1-3-8-4;/h2*1-3H,(H,6,7);/q;;+2/p-2. The van der Waals surface area contributed by atoms with Crippen LogP contribution in [0, 0.1) is 0 Å². The Kier molecular flexibility index (Phi) is 6.80. The number of rotatable bonds is 2. The molecule has 0 spiro atoms. The monoisotopic (exact) mass is 342 g/mol. The molecule has 2 radical (unpaired) electrons. The minimum atomic E-state index is -1.28. The van der Waals surface area contributed by atoms with Crippen LogP contribution < -0.4 is 10.2 Å². The molecule has 0 aromatic carbocycles. The third-order valence-corrected chi connectivity index (χ3v) is 1.44. The Balaban J connectivity index is 0.000000284. The maximum absolute atomic E-state index is 9.86. The first-order chi connectivity index (χ1) is 7.61. The molecule has 2 aromatic rings. The van der Waals surface area contributed by atoms with Crippen LogP contribution in [0.15, 0.2) is 45.6 Å². The van der Waals surface area contributed by atoms with Crippen molar-refractivity contribution in [2.45, 2.75) is 0 Å². The molecule has 0 aliphatic heterocycles. The molecule has 2 heterocycles. The average Bonchev–Trinajstić information content (AvgIpc) is 2.93. The summed E-state index contributed by atoms with van der Waals surface area (Å²) in [6, 6.07) is 5.64. The van der Waals surface area contributed by atoms with Crippen molar-refractivity contribution in [3.63, 3.8) is 0 Å². The van der Waals surface area contributed by atoms with Gasteiger partial charge in [0.15, 0.2) is 0 Å². The van der Waals surface area contributed by atoms with Crippen molar-refractivity contribution in [2.24, 2.45) is 0 Å². The largest absolute Gasteiger partial charge is 2.00 e. The third kappa shape index (κ3) is 5.25. The van der Waals surface area contributed by atoms with E-state index in [2.05, 4.69) is 8.83 Å². The van der Waals surface area contributed by atoms with E-state index in [4.69, 9.17) is 0 Å². The maximum atomic E-state index is 9.86. The van der Waals surface area contributed by atoms with Gasteiger partial charge in [-0.1, -0.05) is 0 Å². The number of hydrogen-bond acceptors (Lipinski definition) is 6. The van der Waals surface area contributed by atoms with E-state index < -0.39 is 11.9 Å². The number of aromatic carboxylic acids is 2. The molecule has 0 saturated carbocycles. The topological polar surface area (TPSA) is 107 Å². The molecule has 0 aliphatic rings. The average molecular weight is 341 g/mol. The molecule has 86 valence electrons. The Bertz CT molecular complexity index is 401. The van der Waals surface area contributed by atoms with E-state index in [1.807, 2.05) is 0 Å². The van der Waals surface area contributed by atoms with E-state index in [0.29, 0.717) is 0 Å². The first-order valence-electron chi connectivity index (χ1n) is 4.11. The SMILES string of the molecule is O=C([O-])c1ccco1.O=C([O-])c1ccco1.[Sn+2]. The molecular formula is C10H6O6Sn. The molecule has 2 rings (SSSR count). The minimum absolute atomic E-state index is 0. The van der Waals surface area contributed by atoms with E-state index in [1.54, 1.807) is 0 Å². The van der Waals surface area contributed by atoms with Gasteiger partial charge in [-0.15, -0.1) is 0 Å². The zero-order valence-corrected chi connectivity index (χ0v) is 11.3. The van der Waals surface area contributed by atoms with Crippen LogP contribution in [0.5, 0.6) is 0 Å². The molecule has 6 nitrogen and oxygen atoms in total. The van der Waals surface area contributed by atoms with Crippen molar-refractivity contribution in [3.8, 4) is 0 Å². The van der Waals surface area contributed by atoms with Crippen molar-refractivity contribution in [1.82, 2.24) is 0 Å². The first kappa shape index (κ1) is 15.3. The normalized spacial score (nSPS) is 8.47. The van der Waals surface area contributed by atoms with Crippen LogP contribution in [0.4, 0.5) is 0 Å². The second-order valence-electron chi connectivity index (χ2n) is 2.53. The van der Waals surface area contributed by atoms with Crippen molar-refractivity contribution < 1.29 is 28.6 Å². The van der Waals surface area contributed by atoms with E-state index in [-0.39, 0.29) is 35.4 Å².